The highest BCUT2D eigenvalue weighted by molar-refractivity contribution is 7.89. The molecule has 0 aromatic heterocycles. The Bertz CT molecular complexity index is 945. The van der Waals surface area contributed by atoms with Crippen LogP contribution in [0, 0.1) is 13.8 Å². The van der Waals surface area contributed by atoms with Crippen LogP contribution in [0.25, 0.3) is 0 Å². The largest absolute Gasteiger partial charge is 0.494 e. The van der Waals surface area contributed by atoms with Crippen LogP contribution in [0.2, 0.25) is 0 Å². The van der Waals surface area contributed by atoms with Crippen molar-refractivity contribution in [3.05, 3.63) is 23.3 Å². The number of carboxylic acids is 1. The highest BCUT2D eigenvalue weighted by Crippen LogP contribution is 2.26. The van der Waals surface area contributed by atoms with Gasteiger partial charge in [-0.3, -0.25) is 4.79 Å². The Morgan fingerprint density at radius 3 is 2.18 bits per heavy atom. The summed E-state index contributed by atoms with van der Waals surface area (Å²) in [6, 6.07) is 1.75. The van der Waals surface area contributed by atoms with Gasteiger partial charge in [0.05, 0.1) is 18.6 Å². The van der Waals surface area contributed by atoms with E-state index in [9.17, 15) is 22.8 Å². The molecule has 1 unspecified atom stereocenters. The Labute approximate surface area is 193 Å². The highest BCUT2D eigenvalue weighted by Gasteiger charge is 2.28. The van der Waals surface area contributed by atoms with Crippen LogP contribution in [0.5, 0.6) is 5.75 Å². The first-order valence-corrected chi connectivity index (χ1v) is 11.7. The van der Waals surface area contributed by atoms with Gasteiger partial charge in [0.15, 0.2) is 0 Å². The second-order valence-electron chi connectivity index (χ2n) is 8.31. The van der Waals surface area contributed by atoms with Crippen molar-refractivity contribution in [2.24, 2.45) is 0 Å². The second-order valence-corrected chi connectivity index (χ2v) is 10.0. The summed E-state index contributed by atoms with van der Waals surface area (Å²) in [6.45, 7) is 7.83. The van der Waals surface area contributed by atoms with E-state index >= 15 is 0 Å². The van der Waals surface area contributed by atoms with Crippen molar-refractivity contribution in [3.8, 4) is 5.75 Å². The fourth-order valence-corrected chi connectivity index (χ4v) is 4.38. The Hall–Kier alpha value is -2.86. The Kier molecular flexibility index (Phi) is 10.1. The molecule has 1 amide bonds. The number of carboxylic acid groups (broad SMARTS) is 1. The van der Waals surface area contributed by atoms with E-state index in [1.807, 2.05) is 0 Å². The minimum Gasteiger partial charge on any atom is -0.494 e. The number of amides is 1. The smallest absolute Gasteiger partial charge is 0.408 e. The van der Waals surface area contributed by atoms with Gasteiger partial charge in [-0.1, -0.05) is 0 Å². The highest BCUT2D eigenvalue weighted by atomic mass is 32.2. The molecule has 12 heteroatoms. The number of alkyl carbamates (subject to hydrolysis) is 1. The van der Waals surface area contributed by atoms with Crippen molar-refractivity contribution < 1.29 is 42.1 Å². The lowest BCUT2D eigenvalue weighted by molar-refractivity contribution is -0.143. The maximum atomic E-state index is 12.9. The van der Waals surface area contributed by atoms with Crippen LogP contribution in [0.3, 0.4) is 0 Å². The van der Waals surface area contributed by atoms with Gasteiger partial charge >= 0.3 is 18.0 Å². The average molecular weight is 489 g/mol. The second kappa shape index (κ2) is 11.8. The topological polar surface area (TPSA) is 157 Å². The predicted octanol–water partition coefficient (Wildman–Crippen LogP) is 1.89. The molecule has 0 saturated carbocycles. The number of carbonyl (C=O) groups is 3. The van der Waals surface area contributed by atoms with E-state index in [1.54, 1.807) is 34.6 Å². The molecule has 3 N–H and O–H groups in total. The molecule has 1 aromatic rings. The molecule has 0 aliphatic carbocycles. The normalized spacial score (nSPS) is 12.5. The molecule has 0 fully saturated rings. The van der Waals surface area contributed by atoms with E-state index in [2.05, 4.69) is 14.8 Å². The van der Waals surface area contributed by atoms with Gasteiger partial charge in [0, 0.05) is 13.0 Å². The van der Waals surface area contributed by atoms with Crippen LogP contribution in [0.15, 0.2) is 17.0 Å². The van der Waals surface area contributed by atoms with E-state index in [0.717, 1.165) is 7.11 Å². The minimum absolute atomic E-state index is 0.00118. The molecule has 1 atom stereocenters. The van der Waals surface area contributed by atoms with Gasteiger partial charge in [0.2, 0.25) is 10.0 Å². The molecule has 0 saturated heterocycles. The summed E-state index contributed by atoms with van der Waals surface area (Å²) >= 11 is 0. The number of carbonyl (C=O) groups excluding carboxylic acids is 2. The number of nitrogens with one attached hydrogen (secondary N) is 2. The molecule has 1 rings (SSSR count). The number of aliphatic carboxylic acids is 1. The number of rotatable bonds is 11. The molecule has 0 heterocycles. The zero-order valence-corrected chi connectivity index (χ0v) is 20.5. The van der Waals surface area contributed by atoms with Crippen LogP contribution in [0.4, 0.5) is 4.79 Å². The Morgan fingerprint density at radius 2 is 1.70 bits per heavy atom. The first-order chi connectivity index (χ1) is 15.2. The lowest BCUT2D eigenvalue weighted by atomic mass is 10.1. The lowest BCUT2D eigenvalue weighted by Crippen LogP contribution is -2.50. The summed E-state index contributed by atoms with van der Waals surface area (Å²) in [4.78, 5) is 34.6. The maximum absolute atomic E-state index is 12.9. The molecule has 0 aliphatic rings. The fourth-order valence-electron chi connectivity index (χ4n) is 2.88. The number of ether oxygens (including phenoxy) is 3. The van der Waals surface area contributed by atoms with E-state index in [0.29, 0.717) is 23.3 Å². The SMILES string of the molecule is COC(=O)C(CNS(=O)(=O)c1c(C)cc(OCCCC(=O)O)cc1C)NC(=O)OC(C)(C)C. The Morgan fingerprint density at radius 1 is 1.12 bits per heavy atom. The third-order valence-electron chi connectivity index (χ3n) is 4.16. The van der Waals surface area contributed by atoms with E-state index in [-0.39, 0.29) is 17.9 Å². The van der Waals surface area contributed by atoms with Crippen molar-refractivity contribution in [1.82, 2.24) is 10.0 Å². The van der Waals surface area contributed by atoms with Crippen molar-refractivity contribution in [1.29, 1.82) is 0 Å². The van der Waals surface area contributed by atoms with Crippen molar-refractivity contribution in [2.75, 3.05) is 20.3 Å². The van der Waals surface area contributed by atoms with Crippen LogP contribution < -0.4 is 14.8 Å². The number of hydrogen-bond donors (Lipinski definition) is 3. The first kappa shape index (κ1) is 28.2. The maximum Gasteiger partial charge on any atom is 0.408 e. The van der Waals surface area contributed by atoms with Gasteiger partial charge in [0.1, 0.15) is 17.4 Å². The van der Waals surface area contributed by atoms with Gasteiger partial charge in [-0.05, 0) is 64.3 Å². The molecule has 11 nitrogen and oxygen atoms in total. The summed E-state index contributed by atoms with van der Waals surface area (Å²) in [6.07, 6.45) is -0.615. The molecule has 0 aliphatic heterocycles. The van der Waals surface area contributed by atoms with Crippen molar-refractivity contribution in [2.45, 2.75) is 64.0 Å². The number of benzene rings is 1. The van der Waals surface area contributed by atoms with Gasteiger partial charge in [-0.2, -0.15) is 0 Å². The van der Waals surface area contributed by atoms with Gasteiger partial charge in [-0.25, -0.2) is 22.7 Å². The molecule has 0 radical (unpaired) electrons. The first-order valence-electron chi connectivity index (χ1n) is 10.2. The van der Waals surface area contributed by atoms with Crippen molar-refractivity contribution >= 4 is 28.1 Å². The summed E-state index contributed by atoms with van der Waals surface area (Å²) in [5.74, 6) is -1.36. The third kappa shape index (κ3) is 9.66. The zero-order valence-electron chi connectivity index (χ0n) is 19.7. The average Bonchev–Trinajstić information content (AvgIpc) is 2.65. The van der Waals surface area contributed by atoms with Crippen LogP contribution in [0.1, 0.15) is 44.7 Å². The standard InChI is InChI=1S/C21H32N2O9S/c1-13-10-15(31-9-7-8-17(24)25)11-14(2)18(13)33(28,29)22-12-16(19(26)30-6)23-20(27)32-21(3,4)5/h10-11,16,22H,7-9,12H2,1-6H3,(H,23,27)(H,24,25). The monoisotopic (exact) mass is 488 g/mol. The molecule has 186 valence electrons. The van der Waals surface area contributed by atoms with Gasteiger partial charge < -0.3 is 24.6 Å². The fraction of sp³-hybridized carbons (Fsp3) is 0.571. The van der Waals surface area contributed by atoms with Crippen LogP contribution >= 0.6 is 0 Å². The number of hydrogen-bond acceptors (Lipinski definition) is 8. The Balaban J connectivity index is 2.94. The number of esters is 1. The molecule has 0 bridgehead atoms. The van der Waals surface area contributed by atoms with E-state index < -0.39 is 46.2 Å². The molecule has 1 aromatic carbocycles. The molecule has 33 heavy (non-hydrogen) atoms. The number of methoxy groups -OCH3 is 1. The van der Waals surface area contributed by atoms with Gasteiger partial charge in [-0.15, -0.1) is 0 Å². The van der Waals surface area contributed by atoms with Gasteiger partial charge in [0.25, 0.3) is 0 Å². The summed E-state index contributed by atoms with van der Waals surface area (Å²) in [5, 5.41) is 11.0. The molecule has 0 spiro atoms. The zero-order chi connectivity index (χ0) is 25.4. The number of sulfonamides is 1. The van der Waals surface area contributed by atoms with Crippen molar-refractivity contribution in [3.63, 3.8) is 0 Å². The van der Waals surface area contributed by atoms with Crippen LogP contribution in [-0.2, 0) is 29.1 Å². The molecular weight excluding hydrogens is 456 g/mol. The van der Waals surface area contributed by atoms with E-state index in [1.165, 1.54) is 12.1 Å². The summed E-state index contributed by atoms with van der Waals surface area (Å²) < 4.78 is 43.5. The minimum atomic E-state index is -4.07. The quantitative estimate of drug-likeness (QED) is 0.312. The number of aryl methyl sites for hydroxylation is 2. The van der Waals surface area contributed by atoms with Crippen LogP contribution in [-0.4, -0.2) is 63.5 Å². The summed E-state index contributed by atoms with van der Waals surface area (Å²) in [7, 11) is -2.95. The molecular formula is C21H32N2O9S. The third-order valence-corrected chi connectivity index (χ3v) is 5.89. The lowest BCUT2D eigenvalue weighted by Gasteiger charge is -2.23. The summed E-state index contributed by atoms with van der Waals surface area (Å²) in [5.41, 5.74) is -0.0217. The van der Waals surface area contributed by atoms with E-state index in [4.69, 9.17) is 14.6 Å². The predicted molar refractivity (Wildman–Crippen MR) is 119 cm³/mol.